The van der Waals surface area contributed by atoms with Crippen LogP contribution < -0.4 is 0 Å². The summed E-state index contributed by atoms with van der Waals surface area (Å²) in [7, 11) is 0. The molecule has 1 fully saturated rings. The van der Waals surface area contributed by atoms with E-state index in [4.69, 9.17) is 14.6 Å². The zero-order valence-electron chi connectivity index (χ0n) is 8.20. The summed E-state index contributed by atoms with van der Waals surface area (Å²) in [4.78, 5) is 10.4. The molecule has 1 saturated heterocycles. The molecule has 4 heteroatoms. The van der Waals surface area contributed by atoms with Crippen LogP contribution in [0.15, 0.2) is 12.2 Å². The molecular weight excluding hydrogens is 184 g/mol. The van der Waals surface area contributed by atoms with Crippen molar-refractivity contribution in [3.63, 3.8) is 0 Å². The van der Waals surface area contributed by atoms with Crippen LogP contribution in [0, 0.1) is 0 Å². The first kappa shape index (κ1) is 11.2. The molecule has 0 aliphatic carbocycles. The van der Waals surface area contributed by atoms with E-state index in [0.29, 0.717) is 25.7 Å². The standard InChI is InChI=1S/C10H16O4/c1-8(10(11)12)3-2-5-13-6-4-9-7-14-9/h9H,1-7H2,(H,11,12). The Labute approximate surface area is 83.5 Å². The maximum atomic E-state index is 10.4. The van der Waals surface area contributed by atoms with Gasteiger partial charge in [-0.15, -0.1) is 0 Å². The molecule has 0 radical (unpaired) electrons. The Balaban J connectivity index is 1.83. The first-order valence-corrected chi connectivity index (χ1v) is 4.80. The van der Waals surface area contributed by atoms with E-state index in [0.717, 1.165) is 19.4 Å². The number of hydrogen-bond donors (Lipinski definition) is 1. The van der Waals surface area contributed by atoms with E-state index in [2.05, 4.69) is 6.58 Å². The van der Waals surface area contributed by atoms with Crippen LogP contribution in [0.5, 0.6) is 0 Å². The summed E-state index contributed by atoms with van der Waals surface area (Å²) in [6.45, 7) is 5.59. The molecule has 1 aliphatic rings. The van der Waals surface area contributed by atoms with Gasteiger partial charge in [0.15, 0.2) is 0 Å². The van der Waals surface area contributed by atoms with Crippen LogP contribution in [0.2, 0.25) is 0 Å². The van der Waals surface area contributed by atoms with Crippen LogP contribution >= 0.6 is 0 Å². The minimum absolute atomic E-state index is 0.249. The van der Waals surface area contributed by atoms with Crippen molar-refractivity contribution in [2.24, 2.45) is 0 Å². The smallest absolute Gasteiger partial charge is 0.330 e. The third-order valence-corrected chi connectivity index (χ3v) is 2.06. The number of ether oxygens (including phenoxy) is 2. The van der Waals surface area contributed by atoms with Gasteiger partial charge in [-0.05, 0) is 19.3 Å². The van der Waals surface area contributed by atoms with Gasteiger partial charge in [0.25, 0.3) is 0 Å². The largest absolute Gasteiger partial charge is 0.478 e. The molecule has 1 atom stereocenters. The molecule has 1 unspecified atom stereocenters. The molecule has 1 rings (SSSR count). The molecule has 4 nitrogen and oxygen atoms in total. The van der Waals surface area contributed by atoms with Crippen molar-refractivity contribution in [1.82, 2.24) is 0 Å². The van der Waals surface area contributed by atoms with Crippen molar-refractivity contribution in [3.8, 4) is 0 Å². The molecule has 0 saturated carbocycles. The van der Waals surface area contributed by atoms with E-state index < -0.39 is 5.97 Å². The van der Waals surface area contributed by atoms with Crippen molar-refractivity contribution in [3.05, 3.63) is 12.2 Å². The third-order valence-electron chi connectivity index (χ3n) is 2.06. The topological polar surface area (TPSA) is 59.1 Å². The van der Waals surface area contributed by atoms with Crippen LogP contribution in [0.25, 0.3) is 0 Å². The molecule has 1 N–H and O–H groups in total. The molecular formula is C10H16O4. The van der Waals surface area contributed by atoms with Crippen molar-refractivity contribution in [1.29, 1.82) is 0 Å². The molecule has 14 heavy (non-hydrogen) atoms. The molecule has 0 amide bonds. The zero-order chi connectivity index (χ0) is 10.4. The predicted molar refractivity (Wildman–Crippen MR) is 51.2 cm³/mol. The summed E-state index contributed by atoms with van der Waals surface area (Å²) >= 11 is 0. The second-order valence-electron chi connectivity index (χ2n) is 3.37. The molecule has 0 aromatic carbocycles. The van der Waals surface area contributed by atoms with Crippen molar-refractivity contribution in [2.75, 3.05) is 19.8 Å². The lowest BCUT2D eigenvalue weighted by atomic mass is 10.2. The zero-order valence-corrected chi connectivity index (χ0v) is 8.20. The fourth-order valence-corrected chi connectivity index (χ4v) is 1.05. The van der Waals surface area contributed by atoms with Crippen molar-refractivity contribution >= 4 is 5.97 Å². The van der Waals surface area contributed by atoms with Gasteiger partial charge in [-0.2, -0.15) is 0 Å². The SMILES string of the molecule is C=C(CCCOCCC1CO1)C(=O)O. The van der Waals surface area contributed by atoms with Gasteiger partial charge < -0.3 is 14.6 Å². The average molecular weight is 200 g/mol. The van der Waals surface area contributed by atoms with E-state index >= 15 is 0 Å². The number of carboxylic acids is 1. The highest BCUT2D eigenvalue weighted by atomic mass is 16.6. The second kappa shape index (κ2) is 5.78. The lowest BCUT2D eigenvalue weighted by Gasteiger charge is -2.02. The number of rotatable bonds is 8. The fourth-order valence-electron chi connectivity index (χ4n) is 1.05. The molecule has 0 bridgehead atoms. The maximum Gasteiger partial charge on any atom is 0.330 e. The predicted octanol–water partition coefficient (Wildman–Crippen LogP) is 1.21. The number of carboxylic acid groups (broad SMARTS) is 1. The fraction of sp³-hybridized carbons (Fsp3) is 0.700. The van der Waals surface area contributed by atoms with Gasteiger partial charge in [0, 0.05) is 18.8 Å². The van der Waals surface area contributed by atoms with Crippen LogP contribution in [0.1, 0.15) is 19.3 Å². The van der Waals surface area contributed by atoms with Crippen LogP contribution in [0.3, 0.4) is 0 Å². The van der Waals surface area contributed by atoms with Gasteiger partial charge in [-0.25, -0.2) is 4.79 Å². The molecule has 80 valence electrons. The van der Waals surface area contributed by atoms with Gasteiger partial charge in [-0.3, -0.25) is 0 Å². The Hall–Kier alpha value is -0.870. The van der Waals surface area contributed by atoms with Gasteiger partial charge in [0.2, 0.25) is 0 Å². The molecule has 1 aliphatic heterocycles. The summed E-state index contributed by atoms with van der Waals surface area (Å²) < 4.78 is 10.3. The maximum absolute atomic E-state index is 10.4. The number of epoxide rings is 1. The van der Waals surface area contributed by atoms with E-state index in [1.54, 1.807) is 0 Å². The Morgan fingerprint density at radius 3 is 2.86 bits per heavy atom. The third kappa shape index (κ3) is 4.99. The lowest BCUT2D eigenvalue weighted by molar-refractivity contribution is -0.132. The first-order valence-electron chi connectivity index (χ1n) is 4.80. The minimum atomic E-state index is -0.920. The van der Waals surface area contributed by atoms with Crippen LogP contribution in [-0.2, 0) is 14.3 Å². The monoisotopic (exact) mass is 200 g/mol. The number of aliphatic carboxylic acids is 1. The van der Waals surface area contributed by atoms with Gasteiger partial charge in [0.1, 0.15) is 0 Å². The van der Waals surface area contributed by atoms with E-state index in [1.807, 2.05) is 0 Å². The Morgan fingerprint density at radius 1 is 1.57 bits per heavy atom. The Bertz CT molecular complexity index is 208. The second-order valence-corrected chi connectivity index (χ2v) is 3.37. The molecule has 1 heterocycles. The minimum Gasteiger partial charge on any atom is -0.478 e. The van der Waals surface area contributed by atoms with E-state index in [9.17, 15) is 4.79 Å². The highest BCUT2D eigenvalue weighted by Gasteiger charge is 2.21. The van der Waals surface area contributed by atoms with Crippen molar-refractivity contribution < 1.29 is 19.4 Å². The van der Waals surface area contributed by atoms with Crippen molar-refractivity contribution in [2.45, 2.75) is 25.4 Å². The van der Waals surface area contributed by atoms with E-state index in [1.165, 1.54) is 0 Å². The summed E-state index contributed by atoms with van der Waals surface area (Å²) in [5.74, 6) is -0.920. The Morgan fingerprint density at radius 2 is 2.29 bits per heavy atom. The molecule has 0 aromatic rings. The number of hydrogen-bond acceptors (Lipinski definition) is 3. The highest BCUT2D eigenvalue weighted by Crippen LogP contribution is 2.13. The summed E-state index contributed by atoms with van der Waals surface area (Å²) in [6.07, 6.45) is 2.56. The summed E-state index contributed by atoms with van der Waals surface area (Å²) in [6, 6.07) is 0. The highest BCUT2D eigenvalue weighted by molar-refractivity contribution is 5.85. The first-order chi connectivity index (χ1) is 6.70. The lowest BCUT2D eigenvalue weighted by Crippen LogP contribution is -2.03. The van der Waals surface area contributed by atoms with Gasteiger partial charge >= 0.3 is 5.97 Å². The van der Waals surface area contributed by atoms with E-state index in [-0.39, 0.29) is 5.57 Å². The van der Waals surface area contributed by atoms with Crippen LogP contribution in [-0.4, -0.2) is 37.0 Å². The molecule has 0 aromatic heterocycles. The normalized spacial score (nSPS) is 19.3. The van der Waals surface area contributed by atoms with Gasteiger partial charge in [0.05, 0.1) is 12.7 Å². The Kier molecular flexibility index (Phi) is 4.62. The number of carbonyl (C=O) groups is 1. The summed E-state index contributed by atoms with van der Waals surface area (Å²) in [5.41, 5.74) is 0.249. The average Bonchev–Trinajstić information content (AvgIpc) is 2.94. The quantitative estimate of drug-likeness (QED) is 0.363. The van der Waals surface area contributed by atoms with Crippen LogP contribution in [0.4, 0.5) is 0 Å². The molecule has 0 spiro atoms. The van der Waals surface area contributed by atoms with Gasteiger partial charge in [-0.1, -0.05) is 6.58 Å². The summed E-state index contributed by atoms with van der Waals surface area (Å²) in [5, 5.41) is 8.51.